The van der Waals surface area contributed by atoms with E-state index < -0.39 is 24.3 Å². The van der Waals surface area contributed by atoms with Crippen molar-refractivity contribution in [1.82, 2.24) is 4.98 Å². The Morgan fingerprint density at radius 1 is 1.12 bits per heavy atom. The van der Waals surface area contributed by atoms with Crippen LogP contribution >= 0.6 is 34.5 Å². The van der Waals surface area contributed by atoms with Gasteiger partial charge in [-0.2, -0.15) is 13.2 Å². The molecular formula is C22H13Cl2F3N2O2S. The summed E-state index contributed by atoms with van der Waals surface area (Å²) in [6.07, 6.45) is -4.51. The topological polar surface area (TPSA) is 65.2 Å². The first-order valence-corrected chi connectivity index (χ1v) is 10.7. The van der Waals surface area contributed by atoms with E-state index in [1.165, 1.54) is 12.1 Å². The van der Waals surface area contributed by atoms with Crippen molar-refractivity contribution >= 4 is 56.3 Å². The monoisotopic (exact) mass is 496 g/mol. The molecule has 0 aliphatic rings. The smallest absolute Gasteiger partial charge is 0.416 e. The summed E-state index contributed by atoms with van der Waals surface area (Å²) in [4.78, 5) is 16.6. The molecule has 0 saturated heterocycles. The standard InChI is InChI=1S/C22H13Cl2F3N2O2S/c23-17-18(28)16(13-4-5-15-12(9-13)6-7-32-15)20(24)29-19(17)21(30)31-10-11-2-1-3-14(8-11)22(25,26)27/h1-9H,10H2,(H2,28,29). The van der Waals surface area contributed by atoms with Crippen LogP contribution in [-0.2, 0) is 17.5 Å². The SMILES string of the molecule is Nc1c(Cl)c(C(=O)OCc2cccc(C(F)(F)F)c2)nc(Cl)c1-c1ccc2sccc2c1. The number of alkyl halides is 3. The first-order chi connectivity index (χ1) is 15.1. The third-order valence-corrected chi connectivity index (χ3v) is 6.24. The van der Waals surface area contributed by atoms with Crippen molar-refractivity contribution in [2.45, 2.75) is 12.8 Å². The van der Waals surface area contributed by atoms with Crippen LogP contribution in [0.3, 0.4) is 0 Å². The number of pyridine rings is 1. The lowest BCUT2D eigenvalue weighted by Crippen LogP contribution is -2.11. The van der Waals surface area contributed by atoms with E-state index in [-0.39, 0.29) is 27.1 Å². The lowest BCUT2D eigenvalue weighted by molar-refractivity contribution is -0.137. The molecule has 0 spiro atoms. The second-order valence-electron chi connectivity index (χ2n) is 6.80. The van der Waals surface area contributed by atoms with Gasteiger partial charge < -0.3 is 10.5 Å². The molecule has 0 saturated carbocycles. The van der Waals surface area contributed by atoms with Gasteiger partial charge in [0.15, 0.2) is 5.69 Å². The van der Waals surface area contributed by atoms with Gasteiger partial charge in [0, 0.05) is 10.3 Å². The maximum Gasteiger partial charge on any atom is 0.416 e. The van der Waals surface area contributed by atoms with Crippen molar-refractivity contribution in [1.29, 1.82) is 0 Å². The van der Waals surface area contributed by atoms with Gasteiger partial charge in [-0.1, -0.05) is 41.4 Å². The van der Waals surface area contributed by atoms with Gasteiger partial charge >= 0.3 is 12.1 Å². The molecule has 4 rings (SSSR count). The second-order valence-corrected chi connectivity index (χ2v) is 8.49. The quantitative estimate of drug-likeness (QED) is 0.239. The molecular weight excluding hydrogens is 484 g/mol. The highest BCUT2D eigenvalue weighted by Crippen LogP contribution is 2.40. The molecule has 32 heavy (non-hydrogen) atoms. The minimum Gasteiger partial charge on any atom is -0.456 e. The number of carbonyl (C=O) groups excluding carboxylic acids is 1. The maximum atomic E-state index is 12.9. The summed E-state index contributed by atoms with van der Waals surface area (Å²) in [5, 5.41) is 2.74. The number of esters is 1. The number of anilines is 1. The van der Waals surface area contributed by atoms with Crippen molar-refractivity contribution < 1.29 is 22.7 Å². The van der Waals surface area contributed by atoms with E-state index in [2.05, 4.69) is 4.98 Å². The first-order valence-electron chi connectivity index (χ1n) is 9.10. The summed E-state index contributed by atoms with van der Waals surface area (Å²) >= 11 is 14.2. The highest BCUT2D eigenvalue weighted by molar-refractivity contribution is 7.17. The summed E-state index contributed by atoms with van der Waals surface area (Å²) in [7, 11) is 0. The highest BCUT2D eigenvalue weighted by Gasteiger charge is 2.30. The Bertz CT molecular complexity index is 1340. The molecule has 4 aromatic rings. The van der Waals surface area contributed by atoms with Crippen LogP contribution in [0.25, 0.3) is 21.2 Å². The van der Waals surface area contributed by atoms with Crippen LogP contribution in [0.5, 0.6) is 0 Å². The lowest BCUT2D eigenvalue weighted by atomic mass is 10.0. The van der Waals surface area contributed by atoms with Gasteiger partial charge in [-0.25, -0.2) is 9.78 Å². The molecule has 4 nitrogen and oxygen atoms in total. The molecule has 2 heterocycles. The molecule has 0 atom stereocenters. The average molecular weight is 497 g/mol. The number of aromatic nitrogens is 1. The third kappa shape index (κ3) is 4.39. The van der Waals surface area contributed by atoms with Gasteiger partial charge in [0.2, 0.25) is 0 Å². The molecule has 2 N–H and O–H groups in total. The van der Waals surface area contributed by atoms with Crippen molar-refractivity contribution in [3.8, 4) is 11.1 Å². The van der Waals surface area contributed by atoms with Crippen LogP contribution < -0.4 is 5.73 Å². The number of carbonyl (C=O) groups is 1. The zero-order chi connectivity index (χ0) is 23.0. The number of hydrogen-bond donors (Lipinski definition) is 1. The number of benzene rings is 2. The summed E-state index contributed by atoms with van der Waals surface area (Å²) in [6.45, 7) is -0.408. The first kappa shape index (κ1) is 22.4. The normalized spacial score (nSPS) is 11.7. The zero-order valence-corrected chi connectivity index (χ0v) is 18.4. The fourth-order valence-electron chi connectivity index (χ4n) is 3.14. The number of nitrogens with zero attached hydrogens (tertiary/aromatic N) is 1. The van der Waals surface area contributed by atoms with Gasteiger partial charge in [-0.15, -0.1) is 11.3 Å². The number of ether oxygens (including phenoxy) is 1. The van der Waals surface area contributed by atoms with E-state index in [9.17, 15) is 18.0 Å². The Hall–Kier alpha value is -2.81. The second kappa shape index (κ2) is 8.61. The maximum absolute atomic E-state index is 12.9. The molecule has 0 radical (unpaired) electrons. The van der Waals surface area contributed by atoms with Crippen molar-refractivity contribution in [2.24, 2.45) is 0 Å². The number of nitrogen functional groups attached to an aromatic ring is 1. The summed E-state index contributed by atoms with van der Waals surface area (Å²) in [5.74, 6) is -0.958. The number of thiophene rings is 1. The number of nitrogens with two attached hydrogens (primary N) is 1. The van der Waals surface area contributed by atoms with Gasteiger partial charge in [-0.3, -0.25) is 0 Å². The molecule has 164 valence electrons. The average Bonchev–Trinajstić information content (AvgIpc) is 3.22. The van der Waals surface area contributed by atoms with Crippen LogP contribution in [0.1, 0.15) is 21.6 Å². The van der Waals surface area contributed by atoms with Crippen LogP contribution in [0.4, 0.5) is 18.9 Å². The Labute approximate surface area is 194 Å². The van der Waals surface area contributed by atoms with Crippen molar-refractivity contribution in [2.75, 3.05) is 5.73 Å². The molecule has 0 unspecified atom stereocenters. The Kier molecular flexibility index (Phi) is 6.03. The van der Waals surface area contributed by atoms with Gasteiger partial charge in [0.1, 0.15) is 11.8 Å². The molecule has 2 aromatic heterocycles. The molecule has 0 aliphatic heterocycles. The van der Waals surface area contributed by atoms with Gasteiger partial charge in [-0.05, 0) is 52.2 Å². The predicted octanol–water partition coefficient (Wildman–Crippen LogP) is 7.23. The number of fused-ring (bicyclic) bond motifs is 1. The third-order valence-electron chi connectivity index (χ3n) is 4.69. The van der Waals surface area contributed by atoms with E-state index >= 15 is 0 Å². The lowest BCUT2D eigenvalue weighted by Gasteiger charge is -2.13. The number of halogens is 5. The van der Waals surface area contributed by atoms with Crippen LogP contribution in [-0.4, -0.2) is 11.0 Å². The minimum atomic E-state index is -4.51. The fourth-order valence-corrected chi connectivity index (χ4v) is 4.42. The molecule has 0 amide bonds. The summed E-state index contributed by atoms with van der Waals surface area (Å²) in [5.41, 5.74) is 6.25. The van der Waals surface area contributed by atoms with Crippen LogP contribution in [0, 0.1) is 0 Å². The number of rotatable bonds is 4. The highest BCUT2D eigenvalue weighted by atomic mass is 35.5. The molecule has 10 heteroatoms. The molecule has 0 aliphatic carbocycles. The predicted molar refractivity (Wildman–Crippen MR) is 120 cm³/mol. The van der Waals surface area contributed by atoms with Crippen LogP contribution in [0.15, 0.2) is 53.9 Å². The Morgan fingerprint density at radius 3 is 2.66 bits per heavy atom. The molecule has 0 bridgehead atoms. The Balaban J connectivity index is 1.60. The fraction of sp³-hybridized carbons (Fsp3) is 0.0909. The summed E-state index contributed by atoms with van der Waals surface area (Å²) in [6, 6.07) is 12.0. The van der Waals surface area contributed by atoms with E-state index in [4.69, 9.17) is 33.7 Å². The van der Waals surface area contributed by atoms with Gasteiger partial charge in [0.25, 0.3) is 0 Å². The van der Waals surface area contributed by atoms with E-state index in [0.717, 1.165) is 22.2 Å². The van der Waals surface area contributed by atoms with E-state index in [0.29, 0.717) is 11.1 Å². The minimum absolute atomic E-state index is 0.0484. The largest absolute Gasteiger partial charge is 0.456 e. The summed E-state index contributed by atoms with van der Waals surface area (Å²) < 4.78 is 44.7. The molecule has 2 aromatic carbocycles. The van der Waals surface area contributed by atoms with E-state index in [1.807, 2.05) is 29.6 Å². The van der Waals surface area contributed by atoms with Gasteiger partial charge in [0.05, 0.1) is 16.3 Å². The van der Waals surface area contributed by atoms with Crippen molar-refractivity contribution in [3.63, 3.8) is 0 Å². The van der Waals surface area contributed by atoms with E-state index in [1.54, 1.807) is 11.3 Å². The Morgan fingerprint density at radius 2 is 1.91 bits per heavy atom. The zero-order valence-electron chi connectivity index (χ0n) is 16.0. The van der Waals surface area contributed by atoms with Crippen molar-refractivity contribution in [3.05, 3.63) is 80.9 Å². The molecule has 0 fully saturated rings. The van der Waals surface area contributed by atoms with Crippen LogP contribution in [0.2, 0.25) is 10.2 Å². The number of hydrogen-bond acceptors (Lipinski definition) is 5.